The topological polar surface area (TPSA) is 89.0 Å². The van der Waals surface area contributed by atoms with E-state index in [1.807, 2.05) is 6.92 Å². The molecule has 7 heteroatoms. The Labute approximate surface area is 167 Å². The number of aliphatic hydroxyl groups is 1. The van der Waals surface area contributed by atoms with Crippen LogP contribution >= 0.6 is 0 Å². The zero-order valence-electron chi connectivity index (χ0n) is 16.8. The molecule has 3 rings (SSSR count). The smallest absolute Gasteiger partial charge is 0.220 e. The largest absolute Gasteiger partial charge is 0.393 e. The molecular weight excluding hydrogens is 354 g/mol. The molecule has 1 aromatic rings. The standard InChI is InChI=1S/C21H33N5O2/c1-2-22-21(25-18-7-8-20(28)23-14-18)24-13-16-3-5-17(6-4-16)15-26-11-9-19(27)10-12-26/h3-6,18-19,27H,2,7-15H2,1H3,(H,23,28)(H2,22,24,25). The molecule has 154 valence electrons. The van der Waals surface area contributed by atoms with Gasteiger partial charge in [0.05, 0.1) is 12.6 Å². The summed E-state index contributed by atoms with van der Waals surface area (Å²) in [6.07, 6.45) is 3.02. The summed E-state index contributed by atoms with van der Waals surface area (Å²) in [7, 11) is 0. The van der Waals surface area contributed by atoms with Crippen molar-refractivity contribution in [2.45, 2.75) is 57.8 Å². The minimum absolute atomic E-state index is 0.124. The Morgan fingerprint density at radius 1 is 1.21 bits per heavy atom. The summed E-state index contributed by atoms with van der Waals surface area (Å²) in [6.45, 7) is 6.98. The number of nitrogens with one attached hydrogen (secondary N) is 3. The lowest BCUT2D eigenvalue weighted by molar-refractivity contribution is -0.122. The van der Waals surface area contributed by atoms with E-state index in [1.165, 1.54) is 11.1 Å². The molecule has 4 N–H and O–H groups in total. The highest BCUT2D eigenvalue weighted by Crippen LogP contribution is 2.14. The van der Waals surface area contributed by atoms with Crippen molar-refractivity contribution in [1.29, 1.82) is 0 Å². The van der Waals surface area contributed by atoms with Crippen LogP contribution in [-0.4, -0.2) is 60.2 Å². The number of hydrogen-bond acceptors (Lipinski definition) is 4. The molecule has 2 saturated heterocycles. The van der Waals surface area contributed by atoms with Crippen molar-refractivity contribution in [3.8, 4) is 0 Å². The molecule has 2 heterocycles. The lowest BCUT2D eigenvalue weighted by atomic mass is 10.1. The second-order valence-corrected chi connectivity index (χ2v) is 7.70. The summed E-state index contributed by atoms with van der Waals surface area (Å²) >= 11 is 0. The molecule has 1 amide bonds. The monoisotopic (exact) mass is 387 g/mol. The molecule has 2 aliphatic heterocycles. The lowest BCUT2D eigenvalue weighted by Gasteiger charge is -2.29. The second kappa shape index (κ2) is 10.4. The first-order valence-corrected chi connectivity index (χ1v) is 10.4. The maximum Gasteiger partial charge on any atom is 0.220 e. The molecule has 28 heavy (non-hydrogen) atoms. The van der Waals surface area contributed by atoms with E-state index in [0.29, 0.717) is 19.5 Å². The molecule has 1 aromatic carbocycles. The van der Waals surface area contributed by atoms with Gasteiger partial charge in [0.15, 0.2) is 5.96 Å². The zero-order valence-corrected chi connectivity index (χ0v) is 16.8. The molecule has 2 fully saturated rings. The van der Waals surface area contributed by atoms with Gasteiger partial charge in [-0.2, -0.15) is 0 Å². The SMILES string of the molecule is CCNC(=NCc1ccc(CN2CCC(O)CC2)cc1)NC1CCC(=O)NC1. The Bertz CT molecular complexity index is 643. The third-order valence-electron chi connectivity index (χ3n) is 5.36. The van der Waals surface area contributed by atoms with E-state index >= 15 is 0 Å². The van der Waals surface area contributed by atoms with E-state index in [4.69, 9.17) is 4.99 Å². The summed E-state index contributed by atoms with van der Waals surface area (Å²) < 4.78 is 0. The van der Waals surface area contributed by atoms with Crippen LogP contribution in [0.15, 0.2) is 29.3 Å². The van der Waals surface area contributed by atoms with Crippen LogP contribution in [0.25, 0.3) is 0 Å². The van der Waals surface area contributed by atoms with Crippen LogP contribution in [0.3, 0.4) is 0 Å². The second-order valence-electron chi connectivity index (χ2n) is 7.70. The third kappa shape index (κ3) is 6.49. The first-order chi connectivity index (χ1) is 13.6. The van der Waals surface area contributed by atoms with Crippen LogP contribution in [0.4, 0.5) is 0 Å². The van der Waals surface area contributed by atoms with Gasteiger partial charge < -0.3 is 21.1 Å². The number of likely N-dealkylation sites (tertiary alicyclic amines) is 1. The molecule has 0 aliphatic carbocycles. The Morgan fingerprint density at radius 3 is 2.57 bits per heavy atom. The van der Waals surface area contributed by atoms with Gasteiger partial charge in [-0.15, -0.1) is 0 Å². The number of aliphatic hydroxyl groups excluding tert-OH is 1. The van der Waals surface area contributed by atoms with Crippen molar-refractivity contribution in [1.82, 2.24) is 20.9 Å². The molecule has 1 atom stereocenters. The Balaban J connectivity index is 1.50. The number of hydrogen-bond donors (Lipinski definition) is 4. The summed E-state index contributed by atoms with van der Waals surface area (Å²) in [5, 5.41) is 19.2. The Hall–Kier alpha value is -2.12. The number of aliphatic imine (C=N–C) groups is 1. The van der Waals surface area contributed by atoms with Crippen molar-refractivity contribution in [2.75, 3.05) is 26.2 Å². The number of carbonyl (C=O) groups is 1. The molecule has 0 radical (unpaired) electrons. The quantitative estimate of drug-likeness (QED) is 0.432. The fourth-order valence-electron chi connectivity index (χ4n) is 3.63. The highest BCUT2D eigenvalue weighted by atomic mass is 16.3. The van der Waals surface area contributed by atoms with Gasteiger partial charge in [-0.25, -0.2) is 4.99 Å². The number of nitrogens with zero attached hydrogens (tertiary/aromatic N) is 2. The lowest BCUT2D eigenvalue weighted by Crippen LogP contribution is -2.51. The maximum atomic E-state index is 11.3. The number of guanidine groups is 1. The fraction of sp³-hybridized carbons (Fsp3) is 0.619. The van der Waals surface area contributed by atoms with Crippen molar-refractivity contribution >= 4 is 11.9 Å². The molecule has 0 bridgehead atoms. The zero-order chi connectivity index (χ0) is 19.8. The van der Waals surface area contributed by atoms with Crippen molar-refractivity contribution < 1.29 is 9.90 Å². The Kier molecular flexibility index (Phi) is 7.68. The van der Waals surface area contributed by atoms with Crippen LogP contribution in [0.1, 0.15) is 43.7 Å². The number of piperidine rings is 2. The van der Waals surface area contributed by atoms with Gasteiger partial charge in [0.25, 0.3) is 0 Å². The minimum atomic E-state index is -0.124. The van der Waals surface area contributed by atoms with Crippen LogP contribution in [0, 0.1) is 0 Å². The number of amides is 1. The average molecular weight is 388 g/mol. The number of rotatable bonds is 6. The summed E-state index contributed by atoms with van der Waals surface area (Å²) in [4.78, 5) is 18.4. The van der Waals surface area contributed by atoms with Gasteiger partial charge in [0.2, 0.25) is 5.91 Å². The van der Waals surface area contributed by atoms with Gasteiger partial charge in [0.1, 0.15) is 0 Å². The first-order valence-electron chi connectivity index (χ1n) is 10.4. The Morgan fingerprint density at radius 2 is 1.93 bits per heavy atom. The molecular formula is C21H33N5O2. The van der Waals surface area contributed by atoms with Gasteiger partial charge in [-0.05, 0) is 37.3 Å². The molecule has 0 aromatic heterocycles. The first kappa shape index (κ1) is 20.6. The van der Waals surface area contributed by atoms with E-state index in [9.17, 15) is 9.90 Å². The van der Waals surface area contributed by atoms with Crippen LogP contribution in [0.5, 0.6) is 0 Å². The van der Waals surface area contributed by atoms with Gasteiger partial charge in [-0.3, -0.25) is 9.69 Å². The highest BCUT2D eigenvalue weighted by Gasteiger charge is 2.19. The number of benzene rings is 1. The van der Waals surface area contributed by atoms with E-state index in [2.05, 4.69) is 45.1 Å². The van der Waals surface area contributed by atoms with E-state index < -0.39 is 0 Å². The van der Waals surface area contributed by atoms with Crippen molar-refractivity contribution in [3.63, 3.8) is 0 Å². The minimum Gasteiger partial charge on any atom is -0.393 e. The van der Waals surface area contributed by atoms with Crippen molar-refractivity contribution in [2.24, 2.45) is 4.99 Å². The van der Waals surface area contributed by atoms with Gasteiger partial charge >= 0.3 is 0 Å². The van der Waals surface area contributed by atoms with E-state index in [-0.39, 0.29) is 18.1 Å². The predicted molar refractivity (Wildman–Crippen MR) is 111 cm³/mol. The van der Waals surface area contributed by atoms with E-state index in [0.717, 1.165) is 51.4 Å². The van der Waals surface area contributed by atoms with Crippen LogP contribution < -0.4 is 16.0 Å². The molecule has 0 spiro atoms. The van der Waals surface area contributed by atoms with E-state index in [1.54, 1.807) is 0 Å². The van der Waals surface area contributed by atoms with Crippen LogP contribution in [-0.2, 0) is 17.9 Å². The average Bonchev–Trinajstić information content (AvgIpc) is 2.71. The van der Waals surface area contributed by atoms with Gasteiger partial charge in [0, 0.05) is 45.2 Å². The van der Waals surface area contributed by atoms with Crippen LogP contribution in [0.2, 0.25) is 0 Å². The fourth-order valence-corrected chi connectivity index (χ4v) is 3.63. The van der Waals surface area contributed by atoms with Gasteiger partial charge in [-0.1, -0.05) is 24.3 Å². The molecule has 0 saturated carbocycles. The molecule has 7 nitrogen and oxygen atoms in total. The summed E-state index contributed by atoms with van der Waals surface area (Å²) in [5.74, 6) is 0.917. The normalized spacial score (nSPS) is 22.0. The summed E-state index contributed by atoms with van der Waals surface area (Å²) in [6, 6.07) is 8.85. The molecule has 1 unspecified atom stereocenters. The summed E-state index contributed by atoms with van der Waals surface area (Å²) in [5.41, 5.74) is 2.47. The maximum absolute atomic E-state index is 11.3. The third-order valence-corrected chi connectivity index (χ3v) is 5.36. The molecule has 2 aliphatic rings. The number of carbonyl (C=O) groups excluding carboxylic acids is 1. The predicted octanol–water partition coefficient (Wildman–Crippen LogP) is 0.977. The van der Waals surface area contributed by atoms with Crippen molar-refractivity contribution in [3.05, 3.63) is 35.4 Å². The highest BCUT2D eigenvalue weighted by molar-refractivity contribution is 5.81.